The molecule has 1 saturated carbocycles. The van der Waals surface area contributed by atoms with Crippen molar-refractivity contribution in [1.82, 2.24) is 39.3 Å². The lowest BCUT2D eigenvalue weighted by Crippen LogP contribution is -2.80. The SMILES string of the molecule is O=c1[nH]c(O)c(C=c2cnn3c(=[NH+]C4CC4)nc(NCc4ccccc4-n4cccn4)nc23)[nH]1. The van der Waals surface area contributed by atoms with Crippen LogP contribution in [0.15, 0.2) is 53.7 Å². The van der Waals surface area contributed by atoms with Crippen molar-refractivity contribution >= 4 is 17.7 Å². The monoisotopic (exact) mass is 457 g/mol. The van der Waals surface area contributed by atoms with Gasteiger partial charge in [0.05, 0.1) is 23.1 Å². The Kier molecular flexibility index (Phi) is 4.68. The third kappa shape index (κ3) is 3.81. The number of H-pyrrole nitrogens is 2. The molecule has 0 bridgehead atoms. The second-order valence-corrected chi connectivity index (χ2v) is 8.04. The van der Waals surface area contributed by atoms with Gasteiger partial charge in [0.15, 0.2) is 0 Å². The van der Waals surface area contributed by atoms with Crippen molar-refractivity contribution < 1.29 is 10.1 Å². The van der Waals surface area contributed by atoms with Gasteiger partial charge in [-0.05, 0) is 41.6 Å². The molecular weight excluding hydrogens is 436 g/mol. The summed E-state index contributed by atoms with van der Waals surface area (Å²) >= 11 is 0. The van der Waals surface area contributed by atoms with Gasteiger partial charge in [0.25, 0.3) is 0 Å². The van der Waals surface area contributed by atoms with Gasteiger partial charge in [0.2, 0.25) is 11.5 Å². The molecule has 1 aliphatic rings. The third-order valence-electron chi connectivity index (χ3n) is 5.52. The van der Waals surface area contributed by atoms with Crippen LogP contribution < -0.4 is 26.8 Å². The predicted molar refractivity (Wildman–Crippen MR) is 121 cm³/mol. The Bertz CT molecular complexity index is 1660. The van der Waals surface area contributed by atoms with Crippen LogP contribution in [0.1, 0.15) is 24.1 Å². The number of fused-ring (bicyclic) bond motifs is 1. The number of hydrogen-bond donors (Lipinski definition) is 5. The molecule has 0 amide bonds. The quantitative estimate of drug-likeness (QED) is 0.204. The Balaban J connectivity index is 1.41. The van der Waals surface area contributed by atoms with Gasteiger partial charge in [0, 0.05) is 18.9 Å². The summed E-state index contributed by atoms with van der Waals surface area (Å²) in [6.45, 7) is 0.480. The second-order valence-electron chi connectivity index (χ2n) is 8.04. The summed E-state index contributed by atoms with van der Waals surface area (Å²) in [5, 5.41) is 22.6. The molecule has 170 valence electrons. The summed E-state index contributed by atoms with van der Waals surface area (Å²) in [6, 6.07) is 10.2. The van der Waals surface area contributed by atoms with Crippen LogP contribution in [0, 0.1) is 0 Å². The van der Waals surface area contributed by atoms with E-state index in [4.69, 9.17) is 0 Å². The number of nitrogens with one attached hydrogen (secondary N) is 4. The zero-order valence-corrected chi connectivity index (χ0v) is 17.9. The van der Waals surface area contributed by atoms with Crippen LogP contribution in [0.4, 0.5) is 5.95 Å². The maximum atomic E-state index is 11.5. The Hall–Kier alpha value is -4.74. The fourth-order valence-corrected chi connectivity index (χ4v) is 3.70. The van der Waals surface area contributed by atoms with Crippen molar-refractivity contribution in [2.24, 2.45) is 0 Å². The lowest BCUT2D eigenvalue weighted by Gasteiger charge is -2.09. The minimum absolute atomic E-state index is 0.247. The minimum Gasteiger partial charge on any atom is -0.493 e. The number of aromatic hydroxyl groups is 1. The molecule has 0 atom stereocenters. The van der Waals surface area contributed by atoms with Crippen molar-refractivity contribution in [2.75, 3.05) is 5.32 Å². The molecule has 0 radical (unpaired) electrons. The zero-order valence-electron chi connectivity index (χ0n) is 17.9. The fraction of sp³-hybridized carbons (Fsp3) is 0.182. The van der Waals surface area contributed by atoms with E-state index in [2.05, 4.69) is 40.4 Å². The zero-order chi connectivity index (χ0) is 23.1. The highest BCUT2D eigenvalue weighted by molar-refractivity contribution is 5.57. The predicted octanol–water partition coefficient (Wildman–Crippen LogP) is -1.66. The number of para-hydroxylation sites is 1. The first kappa shape index (κ1) is 19.9. The molecule has 1 fully saturated rings. The maximum Gasteiger partial charge on any atom is 0.421 e. The van der Waals surface area contributed by atoms with Gasteiger partial charge in [-0.15, -0.1) is 5.10 Å². The van der Waals surface area contributed by atoms with Gasteiger partial charge < -0.3 is 15.4 Å². The van der Waals surface area contributed by atoms with Crippen LogP contribution >= 0.6 is 0 Å². The lowest BCUT2D eigenvalue weighted by molar-refractivity contribution is -0.523. The van der Waals surface area contributed by atoms with Crippen molar-refractivity contribution in [2.45, 2.75) is 25.4 Å². The third-order valence-corrected chi connectivity index (χ3v) is 5.52. The van der Waals surface area contributed by atoms with Crippen LogP contribution in [0.5, 0.6) is 5.88 Å². The van der Waals surface area contributed by atoms with E-state index >= 15 is 0 Å². The van der Waals surface area contributed by atoms with E-state index in [0.29, 0.717) is 35.0 Å². The van der Waals surface area contributed by atoms with Gasteiger partial charge in [-0.3, -0.25) is 9.98 Å². The van der Waals surface area contributed by atoms with Gasteiger partial charge >= 0.3 is 17.3 Å². The summed E-state index contributed by atoms with van der Waals surface area (Å²) in [5.74, 6) is 0.177. The first-order chi connectivity index (χ1) is 16.6. The number of rotatable bonds is 6. The first-order valence-electron chi connectivity index (χ1n) is 10.8. The Morgan fingerprint density at radius 3 is 2.82 bits per heavy atom. The van der Waals surface area contributed by atoms with E-state index in [9.17, 15) is 9.90 Å². The molecule has 6 rings (SSSR count). The molecule has 0 unspecified atom stereocenters. The van der Waals surface area contributed by atoms with Crippen molar-refractivity contribution in [3.63, 3.8) is 0 Å². The van der Waals surface area contributed by atoms with Crippen LogP contribution in [0.2, 0.25) is 0 Å². The minimum atomic E-state index is -0.496. The second kappa shape index (κ2) is 7.99. The van der Waals surface area contributed by atoms with E-state index in [1.807, 2.05) is 41.2 Å². The van der Waals surface area contributed by atoms with Crippen LogP contribution in [0.25, 0.3) is 17.4 Å². The van der Waals surface area contributed by atoms with Crippen LogP contribution in [0.3, 0.4) is 0 Å². The highest BCUT2D eigenvalue weighted by atomic mass is 16.3. The van der Waals surface area contributed by atoms with E-state index in [0.717, 1.165) is 24.1 Å². The van der Waals surface area contributed by atoms with Crippen LogP contribution in [-0.2, 0) is 6.54 Å². The topological polar surface area (TPSA) is 156 Å². The van der Waals surface area contributed by atoms with Gasteiger partial charge in [-0.1, -0.05) is 22.7 Å². The molecule has 0 aliphatic heterocycles. The molecule has 4 aromatic heterocycles. The molecule has 5 N–H and O–H groups in total. The molecule has 34 heavy (non-hydrogen) atoms. The van der Waals surface area contributed by atoms with Gasteiger partial charge in [-0.25, -0.2) is 9.48 Å². The maximum absolute atomic E-state index is 11.5. The summed E-state index contributed by atoms with van der Waals surface area (Å²) in [5.41, 5.74) is 2.84. The average Bonchev–Trinajstić information content (AvgIpc) is 3.20. The summed E-state index contributed by atoms with van der Waals surface area (Å²) in [7, 11) is 0. The summed E-state index contributed by atoms with van der Waals surface area (Å²) in [4.78, 5) is 29.1. The highest BCUT2D eigenvalue weighted by Crippen LogP contribution is 2.15. The summed E-state index contributed by atoms with van der Waals surface area (Å²) in [6.07, 6.45) is 9.01. The van der Waals surface area contributed by atoms with Gasteiger partial charge in [-0.2, -0.15) is 10.1 Å². The molecule has 5 aromatic rings. The molecule has 12 nitrogen and oxygen atoms in total. The largest absolute Gasteiger partial charge is 0.493 e. The number of aromatic amines is 2. The number of anilines is 1. The molecular formula is C22H21N10O2+. The van der Waals surface area contributed by atoms with E-state index < -0.39 is 5.69 Å². The fourth-order valence-electron chi connectivity index (χ4n) is 3.70. The number of nitrogens with zero attached hydrogens (tertiary/aromatic N) is 6. The number of aromatic nitrogens is 8. The number of benzene rings is 1. The average molecular weight is 457 g/mol. The van der Waals surface area contributed by atoms with Crippen molar-refractivity contribution in [3.05, 3.63) is 81.5 Å². The molecule has 1 aliphatic carbocycles. The Labute approximate surface area is 191 Å². The molecule has 4 heterocycles. The van der Waals surface area contributed by atoms with Gasteiger partial charge in [0.1, 0.15) is 5.69 Å². The van der Waals surface area contributed by atoms with Crippen molar-refractivity contribution in [1.29, 1.82) is 0 Å². The Morgan fingerprint density at radius 1 is 1.18 bits per heavy atom. The van der Waals surface area contributed by atoms with E-state index in [-0.39, 0.29) is 11.6 Å². The number of imidazole rings is 1. The summed E-state index contributed by atoms with van der Waals surface area (Å²) < 4.78 is 3.43. The smallest absolute Gasteiger partial charge is 0.421 e. The Morgan fingerprint density at radius 2 is 2.06 bits per heavy atom. The highest BCUT2D eigenvalue weighted by Gasteiger charge is 2.24. The molecule has 1 aromatic carbocycles. The molecule has 12 heteroatoms. The van der Waals surface area contributed by atoms with E-state index in [1.54, 1.807) is 23.0 Å². The van der Waals surface area contributed by atoms with Crippen molar-refractivity contribution in [3.8, 4) is 11.6 Å². The standard InChI is InChI=1S/C22H20N10O2/c33-19-16(27-22(34)29-19)10-14-12-25-32-18(14)28-20(30-21(32)26-15-6-7-15)23-11-13-4-1-2-5-17(13)31-9-3-8-24-31/h1-5,8-10,12,15,33H,6-7,11H2,(H,23,26,30)(H2,27,29,34)/p+1. The number of hydrogen-bond acceptors (Lipinski definition) is 7. The first-order valence-corrected chi connectivity index (χ1v) is 10.8. The lowest BCUT2D eigenvalue weighted by atomic mass is 10.2. The molecule has 0 saturated heterocycles. The van der Waals surface area contributed by atoms with Crippen LogP contribution in [-0.4, -0.2) is 50.5 Å². The van der Waals surface area contributed by atoms with E-state index in [1.165, 1.54) is 0 Å². The molecule has 0 spiro atoms. The normalized spacial score (nSPS) is 14.8.